The fourth-order valence-electron chi connectivity index (χ4n) is 3.99. The molecule has 8 heteroatoms. The van der Waals surface area contributed by atoms with E-state index in [0.29, 0.717) is 0 Å². The first-order valence-corrected chi connectivity index (χ1v) is 10.4. The summed E-state index contributed by atoms with van der Waals surface area (Å²) >= 11 is 0. The molecule has 0 bridgehead atoms. The molecule has 1 saturated heterocycles. The number of guanidine groups is 1. The Bertz CT molecular complexity index is 946. The maximum Gasteiger partial charge on any atom is 0.191 e. The molecule has 1 unspecified atom stereocenters. The molecule has 3 aromatic heterocycles. The van der Waals surface area contributed by atoms with Crippen LogP contribution in [-0.2, 0) is 6.42 Å². The molecule has 3 aromatic rings. The van der Waals surface area contributed by atoms with Crippen molar-refractivity contribution in [3.05, 3.63) is 59.9 Å². The Hall–Kier alpha value is -2.07. The molecule has 0 saturated carbocycles. The lowest BCUT2D eigenvalue weighted by molar-refractivity contribution is 0.215. The van der Waals surface area contributed by atoms with Crippen LogP contribution in [0, 0.1) is 6.92 Å². The van der Waals surface area contributed by atoms with E-state index in [1.165, 1.54) is 18.4 Å². The number of aromatic nitrogens is 2. The minimum atomic E-state index is 0. The zero-order chi connectivity index (χ0) is 20.1. The molecule has 0 spiro atoms. The SMILES string of the molecule is CN=C(NCCc1cn2cccc(C)c2n1)NCC(c1ccco1)N1CCCC1.I. The van der Waals surface area contributed by atoms with Crippen molar-refractivity contribution < 1.29 is 4.42 Å². The largest absolute Gasteiger partial charge is 0.468 e. The van der Waals surface area contributed by atoms with Gasteiger partial charge in [0.05, 0.1) is 18.0 Å². The number of aliphatic imine (C=N–C) groups is 1. The number of fused-ring (bicyclic) bond motifs is 1. The zero-order valence-corrected chi connectivity index (χ0v) is 20.0. The van der Waals surface area contributed by atoms with Gasteiger partial charge in [0.15, 0.2) is 5.96 Å². The van der Waals surface area contributed by atoms with Gasteiger partial charge < -0.3 is 19.5 Å². The molecule has 7 nitrogen and oxygen atoms in total. The highest BCUT2D eigenvalue weighted by Gasteiger charge is 2.25. The van der Waals surface area contributed by atoms with Gasteiger partial charge in [0.1, 0.15) is 11.4 Å². The lowest BCUT2D eigenvalue weighted by atomic mass is 10.2. The highest BCUT2D eigenvalue weighted by Crippen LogP contribution is 2.24. The summed E-state index contributed by atoms with van der Waals surface area (Å²) in [5.41, 5.74) is 3.29. The van der Waals surface area contributed by atoms with Gasteiger partial charge in [0, 0.05) is 39.0 Å². The van der Waals surface area contributed by atoms with Crippen LogP contribution in [-0.4, -0.2) is 53.5 Å². The van der Waals surface area contributed by atoms with Gasteiger partial charge in [0.25, 0.3) is 0 Å². The molecule has 0 amide bonds. The number of pyridine rings is 1. The molecule has 0 aromatic carbocycles. The van der Waals surface area contributed by atoms with Crippen LogP contribution in [0.5, 0.6) is 0 Å². The van der Waals surface area contributed by atoms with Crippen molar-refractivity contribution in [2.75, 3.05) is 33.2 Å². The van der Waals surface area contributed by atoms with E-state index in [4.69, 9.17) is 9.40 Å². The summed E-state index contributed by atoms with van der Waals surface area (Å²) < 4.78 is 7.78. The first kappa shape index (κ1) is 22.6. The molecule has 30 heavy (non-hydrogen) atoms. The topological polar surface area (TPSA) is 70.1 Å². The smallest absolute Gasteiger partial charge is 0.191 e. The van der Waals surface area contributed by atoms with E-state index in [2.05, 4.69) is 50.2 Å². The van der Waals surface area contributed by atoms with Gasteiger partial charge in [-0.1, -0.05) is 6.07 Å². The van der Waals surface area contributed by atoms with Crippen LogP contribution < -0.4 is 10.6 Å². The number of aryl methyl sites for hydroxylation is 1. The number of imidazole rings is 1. The van der Waals surface area contributed by atoms with Gasteiger partial charge in [-0.05, 0) is 56.6 Å². The number of hydrogen-bond donors (Lipinski definition) is 2. The molecule has 4 rings (SSSR count). The fourth-order valence-corrected chi connectivity index (χ4v) is 3.99. The van der Waals surface area contributed by atoms with Crippen molar-refractivity contribution in [1.82, 2.24) is 24.9 Å². The first-order valence-electron chi connectivity index (χ1n) is 10.4. The van der Waals surface area contributed by atoms with E-state index in [0.717, 1.165) is 55.7 Å². The molecule has 1 fully saturated rings. The quantitative estimate of drug-likeness (QED) is 0.283. The van der Waals surface area contributed by atoms with Crippen molar-refractivity contribution in [2.45, 2.75) is 32.2 Å². The third-order valence-electron chi connectivity index (χ3n) is 5.54. The van der Waals surface area contributed by atoms with Crippen molar-refractivity contribution >= 4 is 35.6 Å². The standard InChI is InChI=1S/C22H30N6O.HI/c1-17-7-5-13-28-16-18(26-21(17)28)9-10-24-22(23-2)25-15-19(20-8-6-14-29-20)27-11-3-4-12-27;/h5-8,13-14,16,19H,3-4,9-12,15H2,1-2H3,(H2,23,24,25);1H. The van der Waals surface area contributed by atoms with E-state index < -0.39 is 0 Å². The third-order valence-corrected chi connectivity index (χ3v) is 5.54. The summed E-state index contributed by atoms with van der Waals surface area (Å²) in [5, 5.41) is 6.88. The van der Waals surface area contributed by atoms with Crippen LogP contribution >= 0.6 is 24.0 Å². The number of rotatable bonds is 7. The van der Waals surface area contributed by atoms with E-state index in [-0.39, 0.29) is 30.0 Å². The van der Waals surface area contributed by atoms with Crippen LogP contribution in [0.25, 0.3) is 5.65 Å². The second-order valence-electron chi connectivity index (χ2n) is 7.56. The predicted molar refractivity (Wildman–Crippen MR) is 131 cm³/mol. The Labute approximate surface area is 195 Å². The minimum absolute atomic E-state index is 0. The van der Waals surface area contributed by atoms with Gasteiger partial charge in [-0.25, -0.2) is 4.98 Å². The second-order valence-corrected chi connectivity index (χ2v) is 7.56. The lowest BCUT2D eigenvalue weighted by Crippen LogP contribution is -2.43. The maximum atomic E-state index is 5.70. The summed E-state index contributed by atoms with van der Waals surface area (Å²) in [5.74, 6) is 1.82. The minimum Gasteiger partial charge on any atom is -0.468 e. The van der Waals surface area contributed by atoms with Crippen LogP contribution in [0.1, 0.15) is 35.9 Å². The molecule has 2 N–H and O–H groups in total. The summed E-state index contributed by atoms with van der Waals surface area (Å²) in [7, 11) is 1.81. The van der Waals surface area contributed by atoms with Crippen LogP contribution in [0.2, 0.25) is 0 Å². The van der Waals surface area contributed by atoms with E-state index in [1.807, 2.05) is 18.3 Å². The molecular formula is C22H31IN6O. The van der Waals surface area contributed by atoms with E-state index >= 15 is 0 Å². The molecule has 1 aliphatic rings. The number of nitrogens with one attached hydrogen (secondary N) is 2. The van der Waals surface area contributed by atoms with Crippen molar-refractivity contribution in [1.29, 1.82) is 0 Å². The maximum absolute atomic E-state index is 5.70. The third kappa shape index (κ3) is 5.34. The number of furan rings is 1. The van der Waals surface area contributed by atoms with Gasteiger partial charge in [-0.15, -0.1) is 24.0 Å². The molecular weight excluding hydrogens is 491 g/mol. The Morgan fingerprint density at radius 1 is 1.23 bits per heavy atom. The lowest BCUT2D eigenvalue weighted by Gasteiger charge is -2.26. The monoisotopic (exact) mass is 522 g/mol. The Morgan fingerprint density at radius 3 is 2.77 bits per heavy atom. The number of hydrogen-bond acceptors (Lipinski definition) is 4. The van der Waals surface area contributed by atoms with E-state index in [1.54, 1.807) is 13.3 Å². The summed E-state index contributed by atoms with van der Waals surface area (Å²) in [4.78, 5) is 11.6. The molecule has 0 aliphatic carbocycles. The van der Waals surface area contributed by atoms with Crippen LogP contribution in [0.4, 0.5) is 0 Å². The van der Waals surface area contributed by atoms with Gasteiger partial charge >= 0.3 is 0 Å². The Kier molecular flexibility index (Phi) is 8.15. The van der Waals surface area contributed by atoms with Crippen molar-refractivity contribution in [3.8, 4) is 0 Å². The highest BCUT2D eigenvalue weighted by atomic mass is 127. The first-order chi connectivity index (χ1) is 14.2. The van der Waals surface area contributed by atoms with Crippen molar-refractivity contribution in [2.24, 2.45) is 4.99 Å². The zero-order valence-electron chi connectivity index (χ0n) is 17.7. The Morgan fingerprint density at radius 2 is 2.07 bits per heavy atom. The summed E-state index contributed by atoms with van der Waals surface area (Å²) in [6.07, 6.45) is 9.24. The van der Waals surface area contributed by atoms with Crippen molar-refractivity contribution in [3.63, 3.8) is 0 Å². The molecule has 162 valence electrons. The fraction of sp³-hybridized carbons (Fsp3) is 0.455. The van der Waals surface area contributed by atoms with Gasteiger partial charge in [-0.2, -0.15) is 0 Å². The highest BCUT2D eigenvalue weighted by molar-refractivity contribution is 14.0. The normalized spacial score (nSPS) is 15.9. The van der Waals surface area contributed by atoms with Crippen LogP contribution in [0.3, 0.4) is 0 Å². The number of likely N-dealkylation sites (tertiary alicyclic amines) is 1. The molecule has 4 heterocycles. The molecule has 0 radical (unpaired) electrons. The van der Waals surface area contributed by atoms with E-state index in [9.17, 15) is 0 Å². The number of halogens is 1. The number of nitrogens with zero attached hydrogens (tertiary/aromatic N) is 4. The second kappa shape index (κ2) is 10.8. The van der Waals surface area contributed by atoms with Gasteiger partial charge in [-0.3, -0.25) is 9.89 Å². The molecule has 1 aliphatic heterocycles. The average molecular weight is 522 g/mol. The van der Waals surface area contributed by atoms with Crippen LogP contribution in [0.15, 0.2) is 52.3 Å². The molecule has 1 atom stereocenters. The average Bonchev–Trinajstić information content (AvgIpc) is 3.49. The summed E-state index contributed by atoms with van der Waals surface area (Å²) in [6.45, 7) is 5.86. The Balaban J connectivity index is 0.00000256. The predicted octanol–water partition coefficient (Wildman–Crippen LogP) is 3.40. The van der Waals surface area contributed by atoms with Gasteiger partial charge in [0.2, 0.25) is 0 Å². The summed E-state index contributed by atoms with van der Waals surface area (Å²) in [6, 6.07) is 8.39.